The Morgan fingerprint density at radius 2 is 2.26 bits per heavy atom. The second-order valence-electron chi connectivity index (χ2n) is 4.75. The molecule has 6 heteroatoms. The molecule has 100 valence electrons. The summed E-state index contributed by atoms with van der Waals surface area (Å²) in [4.78, 5) is 29.2. The molecule has 6 nitrogen and oxygen atoms in total. The number of aromatic nitrogens is 2. The average Bonchev–Trinajstić information content (AvgIpc) is 3.18. The van der Waals surface area contributed by atoms with E-state index in [9.17, 15) is 9.59 Å². The van der Waals surface area contributed by atoms with Crippen molar-refractivity contribution in [1.29, 1.82) is 0 Å². The van der Waals surface area contributed by atoms with E-state index < -0.39 is 11.3 Å². The molecule has 1 aliphatic rings. The third kappa shape index (κ3) is 2.38. The lowest BCUT2D eigenvalue weighted by Crippen LogP contribution is -2.15. The van der Waals surface area contributed by atoms with Crippen LogP contribution in [-0.4, -0.2) is 16.6 Å². The lowest BCUT2D eigenvalue weighted by molar-refractivity contribution is 0.290. The highest BCUT2D eigenvalue weighted by atomic mass is 16.5. The van der Waals surface area contributed by atoms with Crippen LogP contribution in [0.5, 0.6) is 5.88 Å². The summed E-state index contributed by atoms with van der Waals surface area (Å²) < 4.78 is 10.6. The molecule has 2 heterocycles. The zero-order valence-corrected chi connectivity index (χ0v) is 10.6. The Balaban J connectivity index is 2.16. The van der Waals surface area contributed by atoms with E-state index in [-0.39, 0.29) is 11.6 Å². The standard InChI is InChI=1S/C13H14N2O4/c1-2-8-5-9(16)19-12-10(8)11(14-13(17)15-12)18-6-7-3-4-7/h5,7H,2-4,6H2,1H3,(H,14,15,17). The molecule has 0 saturated heterocycles. The number of rotatable bonds is 4. The molecule has 0 aliphatic heterocycles. The van der Waals surface area contributed by atoms with E-state index in [0.29, 0.717) is 24.3 Å². The van der Waals surface area contributed by atoms with Gasteiger partial charge in [0.25, 0.3) is 0 Å². The van der Waals surface area contributed by atoms with E-state index in [4.69, 9.17) is 9.15 Å². The number of aryl methyl sites for hydroxylation is 1. The predicted molar refractivity (Wildman–Crippen MR) is 68.5 cm³/mol. The molecule has 0 spiro atoms. The minimum absolute atomic E-state index is 0.134. The zero-order chi connectivity index (χ0) is 13.4. The molecule has 19 heavy (non-hydrogen) atoms. The highest BCUT2D eigenvalue weighted by Gasteiger charge is 2.23. The third-order valence-electron chi connectivity index (χ3n) is 3.21. The summed E-state index contributed by atoms with van der Waals surface area (Å²) >= 11 is 0. The molecule has 0 atom stereocenters. The van der Waals surface area contributed by atoms with Crippen molar-refractivity contribution >= 4 is 11.1 Å². The minimum Gasteiger partial charge on any atom is -0.477 e. The summed E-state index contributed by atoms with van der Waals surface area (Å²) in [6.07, 6.45) is 2.93. The van der Waals surface area contributed by atoms with E-state index in [1.165, 1.54) is 6.07 Å². The van der Waals surface area contributed by atoms with Gasteiger partial charge in [0.2, 0.25) is 11.6 Å². The van der Waals surface area contributed by atoms with Crippen LogP contribution in [-0.2, 0) is 6.42 Å². The van der Waals surface area contributed by atoms with Gasteiger partial charge in [-0.25, -0.2) is 9.59 Å². The third-order valence-corrected chi connectivity index (χ3v) is 3.21. The van der Waals surface area contributed by atoms with E-state index >= 15 is 0 Å². The van der Waals surface area contributed by atoms with Gasteiger partial charge >= 0.3 is 11.3 Å². The maximum absolute atomic E-state index is 11.5. The van der Waals surface area contributed by atoms with Gasteiger partial charge in [-0.05, 0) is 30.7 Å². The highest BCUT2D eigenvalue weighted by Crippen LogP contribution is 2.31. The second kappa shape index (κ2) is 4.53. The summed E-state index contributed by atoms with van der Waals surface area (Å²) in [5.74, 6) is 0.809. The first-order valence-electron chi connectivity index (χ1n) is 6.37. The maximum atomic E-state index is 11.5. The van der Waals surface area contributed by atoms with Crippen LogP contribution in [0, 0.1) is 5.92 Å². The topological polar surface area (TPSA) is 85.2 Å². The van der Waals surface area contributed by atoms with Crippen molar-refractivity contribution in [2.24, 2.45) is 5.92 Å². The normalized spacial score (nSPS) is 14.8. The van der Waals surface area contributed by atoms with Gasteiger partial charge in [-0.2, -0.15) is 4.98 Å². The molecule has 0 radical (unpaired) electrons. The Bertz CT molecular complexity index is 722. The van der Waals surface area contributed by atoms with E-state index in [1.807, 2.05) is 6.92 Å². The number of nitrogens with zero attached hydrogens (tertiary/aromatic N) is 1. The first-order chi connectivity index (χ1) is 9.17. The largest absolute Gasteiger partial charge is 0.477 e. The Kier molecular flexibility index (Phi) is 2.85. The van der Waals surface area contributed by atoms with Gasteiger partial charge in [-0.1, -0.05) is 6.92 Å². The van der Waals surface area contributed by atoms with Crippen LogP contribution >= 0.6 is 0 Å². The van der Waals surface area contributed by atoms with Crippen molar-refractivity contribution in [2.75, 3.05) is 6.61 Å². The molecule has 1 saturated carbocycles. The van der Waals surface area contributed by atoms with Crippen LogP contribution in [0.25, 0.3) is 11.1 Å². The molecule has 2 aromatic rings. The number of hydrogen-bond acceptors (Lipinski definition) is 5. The molecular weight excluding hydrogens is 248 g/mol. The Morgan fingerprint density at radius 1 is 1.47 bits per heavy atom. The fraction of sp³-hybridized carbons (Fsp3) is 0.462. The van der Waals surface area contributed by atoms with Crippen LogP contribution < -0.4 is 16.1 Å². The van der Waals surface area contributed by atoms with E-state index in [1.54, 1.807) is 0 Å². The Labute approximate surface area is 108 Å². The molecule has 1 aliphatic carbocycles. The van der Waals surface area contributed by atoms with Gasteiger partial charge in [-0.3, -0.25) is 4.98 Å². The molecule has 2 aromatic heterocycles. The quantitative estimate of drug-likeness (QED) is 0.895. The molecule has 0 amide bonds. The molecule has 1 N–H and O–H groups in total. The maximum Gasteiger partial charge on any atom is 0.351 e. The molecule has 1 fully saturated rings. The smallest absolute Gasteiger partial charge is 0.351 e. The van der Waals surface area contributed by atoms with Crippen LogP contribution in [0.4, 0.5) is 0 Å². The van der Waals surface area contributed by atoms with Crippen LogP contribution in [0.2, 0.25) is 0 Å². The Morgan fingerprint density at radius 3 is 2.95 bits per heavy atom. The van der Waals surface area contributed by atoms with Crippen LogP contribution in [0.15, 0.2) is 20.1 Å². The van der Waals surface area contributed by atoms with Crippen molar-refractivity contribution in [3.8, 4) is 5.88 Å². The number of aromatic amines is 1. The SMILES string of the molecule is CCc1cc(=O)oc2[nH]c(=O)nc(OCC3CC3)c12. The average molecular weight is 262 g/mol. The lowest BCUT2D eigenvalue weighted by Gasteiger charge is -2.08. The van der Waals surface area contributed by atoms with E-state index in [0.717, 1.165) is 18.4 Å². The Hall–Kier alpha value is -2.11. The lowest BCUT2D eigenvalue weighted by atomic mass is 10.1. The van der Waals surface area contributed by atoms with Gasteiger partial charge in [0.1, 0.15) is 5.39 Å². The number of hydrogen-bond donors (Lipinski definition) is 1. The van der Waals surface area contributed by atoms with Gasteiger partial charge in [-0.15, -0.1) is 0 Å². The van der Waals surface area contributed by atoms with Gasteiger partial charge in [0, 0.05) is 6.07 Å². The van der Waals surface area contributed by atoms with Gasteiger partial charge in [0.05, 0.1) is 6.61 Å². The number of nitrogens with one attached hydrogen (secondary N) is 1. The van der Waals surface area contributed by atoms with E-state index in [2.05, 4.69) is 9.97 Å². The van der Waals surface area contributed by atoms with Crippen molar-refractivity contribution in [2.45, 2.75) is 26.2 Å². The van der Waals surface area contributed by atoms with Crippen molar-refractivity contribution < 1.29 is 9.15 Å². The summed E-state index contributed by atoms with van der Waals surface area (Å²) in [7, 11) is 0. The molecule has 0 aromatic carbocycles. The van der Waals surface area contributed by atoms with Gasteiger partial charge in [0.15, 0.2) is 0 Å². The van der Waals surface area contributed by atoms with Crippen LogP contribution in [0.3, 0.4) is 0 Å². The predicted octanol–water partition coefficient (Wildman–Crippen LogP) is 1.23. The fourth-order valence-corrected chi connectivity index (χ4v) is 2.00. The summed E-state index contributed by atoms with van der Waals surface area (Å²) in [5.41, 5.74) is -0.162. The fourth-order valence-electron chi connectivity index (χ4n) is 2.00. The highest BCUT2D eigenvalue weighted by molar-refractivity contribution is 5.81. The van der Waals surface area contributed by atoms with Crippen molar-refractivity contribution in [3.63, 3.8) is 0 Å². The van der Waals surface area contributed by atoms with Gasteiger partial charge < -0.3 is 9.15 Å². The number of ether oxygens (including phenoxy) is 1. The van der Waals surface area contributed by atoms with Crippen molar-refractivity contribution in [3.05, 3.63) is 32.5 Å². The summed E-state index contributed by atoms with van der Waals surface area (Å²) in [5, 5.41) is 0.586. The van der Waals surface area contributed by atoms with Crippen molar-refractivity contribution in [1.82, 2.24) is 9.97 Å². The summed E-state index contributed by atoms with van der Waals surface area (Å²) in [6.45, 7) is 2.47. The monoisotopic (exact) mass is 262 g/mol. The molecule has 0 unspecified atom stereocenters. The summed E-state index contributed by atoms with van der Waals surface area (Å²) in [6, 6.07) is 1.41. The second-order valence-corrected chi connectivity index (χ2v) is 4.75. The number of H-pyrrole nitrogens is 1. The van der Waals surface area contributed by atoms with Crippen LogP contribution in [0.1, 0.15) is 25.3 Å². The first-order valence-corrected chi connectivity index (χ1v) is 6.37. The molecule has 0 bridgehead atoms. The molecular formula is C13H14N2O4. The molecule has 3 rings (SSSR count). The zero-order valence-electron chi connectivity index (χ0n) is 10.6. The number of fused-ring (bicyclic) bond motifs is 1. The first kappa shape index (κ1) is 12.0. The minimum atomic E-state index is -0.574.